The SMILES string of the molecule is O=C(O)CCc1ccc(NC(=O)C(c2ccc(CN3N=C(c4ccccc4)OCC3=O)cc2)C2CCCC2)cc1. The zero-order chi connectivity index (χ0) is 27.9. The second-order valence-corrected chi connectivity index (χ2v) is 10.4. The van der Waals surface area contributed by atoms with E-state index in [1.165, 1.54) is 5.01 Å². The number of carbonyl (C=O) groups excluding carboxylic acids is 2. The highest BCUT2D eigenvalue weighted by Crippen LogP contribution is 2.38. The van der Waals surface area contributed by atoms with Crippen molar-refractivity contribution in [3.05, 3.63) is 101 Å². The molecule has 8 nitrogen and oxygen atoms in total. The zero-order valence-electron chi connectivity index (χ0n) is 22.3. The van der Waals surface area contributed by atoms with Crippen LogP contribution >= 0.6 is 0 Å². The molecule has 2 amide bonds. The maximum atomic E-state index is 13.5. The number of ether oxygens (including phenoxy) is 1. The largest absolute Gasteiger partial charge is 0.481 e. The summed E-state index contributed by atoms with van der Waals surface area (Å²) in [5, 5.41) is 17.8. The minimum Gasteiger partial charge on any atom is -0.481 e. The Bertz CT molecular complexity index is 1360. The Morgan fingerprint density at radius 1 is 0.950 bits per heavy atom. The lowest BCUT2D eigenvalue weighted by molar-refractivity contribution is -0.137. The van der Waals surface area contributed by atoms with Gasteiger partial charge in [0.15, 0.2) is 6.61 Å². The van der Waals surface area contributed by atoms with Gasteiger partial charge in [-0.15, -0.1) is 5.10 Å². The first kappa shape index (κ1) is 27.1. The maximum absolute atomic E-state index is 13.5. The minimum atomic E-state index is -0.830. The third kappa shape index (κ3) is 6.75. The second-order valence-electron chi connectivity index (χ2n) is 10.4. The van der Waals surface area contributed by atoms with Crippen LogP contribution in [-0.4, -0.2) is 40.4 Å². The molecular formula is C32H33N3O5. The molecule has 5 rings (SSSR count). The van der Waals surface area contributed by atoms with Crippen LogP contribution in [-0.2, 0) is 32.1 Å². The normalized spacial score (nSPS) is 16.2. The maximum Gasteiger partial charge on any atom is 0.303 e. The molecule has 2 N–H and O–H groups in total. The molecule has 0 aromatic heterocycles. The van der Waals surface area contributed by atoms with Crippen molar-refractivity contribution >= 4 is 29.4 Å². The molecule has 1 aliphatic carbocycles. The van der Waals surface area contributed by atoms with Gasteiger partial charge in [0.25, 0.3) is 5.91 Å². The van der Waals surface area contributed by atoms with Crippen LogP contribution in [0.15, 0.2) is 84.0 Å². The Kier molecular flexibility index (Phi) is 8.54. The third-order valence-corrected chi connectivity index (χ3v) is 7.53. The van der Waals surface area contributed by atoms with Crippen molar-refractivity contribution in [2.45, 2.75) is 51.0 Å². The van der Waals surface area contributed by atoms with E-state index < -0.39 is 5.97 Å². The van der Waals surface area contributed by atoms with Crippen molar-refractivity contribution < 1.29 is 24.2 Å². The van der Waals surface area contributed by atoms with Crippen LogP contribution < -0.4 is 5.32 Å². The highest BCUT2D eigenvalue weighted by molar-refractivity contribution is 5.98. The molecule has 206 valence electrons. The number of hydrogen-bond acceptors (Lipinski definition) is 5. The molecule has 1 aliphatic heterocycles. The Hall–Kier alpha value is -4.46. The number of nitrogens with zero attached hydrogens (tertiary/aromatic N) is 2. The predicted octanol–water partition coefficient (Wildman–Crippen LogP) is 5.34. The summed E-state index contributed by atoms with van der Waals surface area (Å²) >= 11 is 0. The van der Waals surface area contributed by atoms with Gasteiger partial charge in [0, 0.05) is 17.7 Å². The monoisotopic (exact) mass is 539 g/mol. The fourth-order valence-corrected chi connectivity index (χ4v) is 5.40. The Balaban J connectivity index is 1.28. The zero-order valence-corrected chi connectivity index (χ0v) is 22.3. The third-order valence-electron chi connectivity index (χ3n) is 7.53. The molecule has 1 unspecified atom stereocenters. The molecular weight excluding hydrogens is 506 g/mol. The number of carboxylic acids is 1. The average Bonchev–Trinajstić information content (AvgIpc) is 3.50. The smallest absolute Gasteiger partial charge is 0.303 e. The fourth-order valence-electron chi connectivity index (χ4n) is 5.40. The molecule has 1 fully saturated rings. The standard InChI is InChI=1S/C32H33N3O5/c36-28-21-40-32(26-8-2-1-3-9-26)34-35(28)20-23-10-15-25(16-11-23)30(24-6-4-5-7-24)31(39)33-27-17-12-22(13-18-27)14-19-29(37)38/h1-3,8-13,15-18,24,30H,4-7,14,19-21H2,(H,33,39)(H,37,38). The van der Waals surface area contributed by atoms with E-state index in [0.29, 0.717) is 24.6 Å². The van der Waals surface area contributed by atoms with E-state index in [-0.39, 0.29) is 36.7 Å². The number of hydrazone groups is 1. The van der Waals surface area contributed by atoms with Gasteiger partial charge in [0.1, 0.15) is 0 Å². The van der Waals surface area contributed by atoms with Crippen LogP contribution in [0, 0.1) is 5.92 Å². The molecule has 3 aromatic rings. The van der Waals surface area contributed by atoms with E-state index >= 15 is 0 Å². The average molecular weight is 540 g/mol. The summed E-state index contributed by atoms with van der Waals surface area (Å²) in [6.45, 7) is 0.254. The van der Waals surface area contributed by atoms with E-state index in [1.54, 1.807) is 0 Å². The lowest BCUT2D eigenvalue weighted by Crippen LogP contribution is -2.36. The summed E-state index contributed by atoms with van der Waals surface area (Å²) in [4.78, 5) is 36.9. The molecule has 0 radical (unpaired) electrons. The number of rotatable bonds is 10. The van der Waals surface area contributed by atoms with Crippen molar-refractivity contribution in [3.63, 3.8) is 0 Å². The Morgan fingerprint density at radius 2 is 1.62 bits per heavy atom. The van der Waals surface area contributed by atoms with Gasteiger partial charge in [-0.2, -0.15) is 0 Å². The Labute approximate surface area is 233 Å². The van der Waals surface area contributed by atoms with Gasteiger partial charge in [-0.05, 0) is 66.1 Å². The predicted molar refractivity (Wildman–Crippen MR) is 152 cm³/mol. The van der Waals surface area contributed by atoms with Crippen LogP contribution in [0.2, 0.25) is 0 Å². The van der Waals surface area contributed by atoms with Gasteiger partial charge in [0.05, 0.1) is 12.5 Å². The van der Waals surface area contributed by atoms with Crippen molar-refractivity contribution in [2.24, 2.45) is 11.0 Å². The lowest BCUT2D eigenvalue weighted by Gasteiger charge is -2.25. The van der Waals surface area contributed by atoms with E-state index in [4.69, 9.17) is 9.84 Å². The molecule has 40 heavy (non-hydrogen) atoms. The number of aliphatic carboxylic acids is 1. The van der Waals surface area contributed by atoms with Crippen LogP contribution in [0.25, 0.3) is 0 Å². The quantitative estimate of drug-likeness (QED) is 0.362. The minimum absolute atomic E-state index is 0.0432. The molecule has 2 aliphatic rings. The Morgan fingerprint density at radius 3 is 2.30 bits per heavy atom. The van der Waals surface area contributed by atoms with Crippen LogP contribution in [0.3, 0.4) is 0 Å². The summed E-state index contributed by atoms with van der Waals surface area (Å²) in [7, 11) is 0. The summed E-state index contributed by atoms with van der Waals surface area (Å²) in [5.41, 5.74) is 4.30. The highest BCUT2D eigenvalue weighted by Gasteiger charge is 2.32. The van der Waals surface area contributed by atoms with Gasteiger partial charge in [0.2, 0.25) is 11.8 Å². The molecule has 8 heteroatoms. The summed E-state index contributed by atoms with van der Waals surface area (Å²) in [5.74, 6) is -0.677. The van der Waals surface area contributed by atoms with Crippen LogP contribution in [0.1, 0.15) is 60.3 Å². The van der Waals surface area contributed by atoms with Crippen LogP contribution in [0.5, 0.6) is 0 Å². The van der Waals surface area contributed by atoms with E-state index in [1.807, 2.05) is 78.9 Å². The first-order chi connectivity index (χ1) is 19.5. The molecule has 1 saturated carbocycles. The molecule has 3 aromatic carbocycles. The van der Waals surface area contributed by atoms with Gasteiger partial charge in [-0.3, -0.25) is 14.4 Å². The van der Waals surface area contributed by atoms with Crippen molar-refractivity contribution in [2.75, 3.05) is 11.9 Å². The lowest BCUT2D eigenvalue weighted by atomic mass is 9.83. The topological polar surface area (TPSA) is 108 Å². The van der Waals surface area contributed by atoms with Crippen molar-refractivity contribution in [1.29, 1.82) is 0 Å². The first-order valence-corrected chi connectivity index (χ1v) is 13.7. The van der Waals surface area contributed by atoms with E-state index in [0.717, 1.165) is 47.9 Å². The molecule has 0 saturated heterocycles. The van der Waals surface area contributed by atoms with Crippen molar-refractivity contribution in [3.8, 4) is 0 Å². The van der Waals surface area contributed by atoms with Gasteiger partial charge in [-0.1, -0.05) is 67.4 Å². The second kappa shape index (κ2) is 12.6. The summed E-state index contributed by atoms with van der Waals surface area (Å²) in [6.07, 6.45) is 4.78. The number of nitrogens with one attached hydrogen (secondary N) is 1. The summed E-state index contributed by atoms with van der Waals surface area (Å²) < 4.78 is 5.55. The number of anilines is 1. The highest BCUT2D eigenvalue weighted by atomic mass is 16.5. The number of hydrogen-bond donors (Lipinski definition) is 2. The van der Waals surface area contributed by atoms with Gasteiger partial charge < -0.3 is 15.2 Å². The first-order valence-electron chi connectivity index (χ1n) is 13.7. The number of carboxylic acid groups (broad SMARTS) is 1. The van der Waals surface area contributed by atoms with E-state index in [9.17, 15) is 14.4 Å². The summed E-state index contributed by atoms with van der Waals surface area (Å²) in [6, 6.07) is 24.8. The fraction of sp³-hybridized carbons (Fsp3) is 0.312. The number of amides is 2. The van der Waals surface area contributed by atoms with E-state index in [2.05, 4.69) is 10.4 Å². The molecule has 0 bridgehead atoms. The molecule has 1 heterocycles. The van der Waals surface area contributed by atoms with Crippen LogP contribution in [0.4, 0.5) is 5.69 Å². The van der Waals surface area contributed by atoms with Gasteiger partial charge in [-0.25, -0.2) is 5.01 Å². The van der Waals surface area contributed by atoms with Gasteiger partial charge >= 0.3 is 5.97 Å². The number of benzene rings is 3. The molecule has 1 atom stereocenters. The number of aryl methyl sites for hydroxylation is 1. The number of carbonyl (C=O) groups is 3. The molecule has 0 spiro atoms. The van der Waals surface area contributed by atoms with Crippen molar-refractivity contribution in [1.82, 2.24) is 5.01 Å².